The van der Waals surface area contributed by atoms with Crippen LogP contribution in [0.5, 0.6) is 11.5 Å². The highest BCUT2D eigenvalue weighted by atomic mass is 32.1. The number of carbonyl (C=O) groups excluding carboxylic acids is 4. The lowest BCUT2D eigenvalue weighted by atomic mass is 9.78. The van der Waals surface area contributed by atoms with E-state index in [1.54, 1.807) is 59.2 Å². The number of carbonyl (C=O) groups is 4. The van der Waals surface area contributed by atoms with Gasteiger partial charge >= 0.3 is 0 Å². The van der Waals surface area contributed by atoms with Gasteiger partial charge in [-0.05, 0) is 101 Å². The second-order valence-corrected chi connectivity index (χ2v) is 20.2. The third-order valence-corrected chi connectivity index (χ3v) is 17.7. The number of nitriles is 2. The Kier molecular flexibility index (Phi) is 8.46. The summed E-state index contributed by atoms with van der Waals surface area (Å²) in [6.07, 6.45) is 13.5. The maximum absolute atomic E-state index is 13.4. The molecule has 0 N–H and O–H groups in total. The van der Waals surface area contributed by atoms with Gasteiger partial charge in [0.25, 0.3) is 23.6 Å². The molecule has 6 aliphatic rings. The third-order valence-electron chi connectivity index (χ3n) is 12.7. The average Bonchev–Trinajstić information content (AvgIpc) is 4.01. The minimum atomic E-state index is -0.583. The molecular formula is C44H36N4O6S4. The van der Waals surface area contributed by atoms with Crippen LogP contribution in [0.15, 0.2) is 45.6 Å². The van der Waals surface area contributed by atoms with E-state index in [1.165, 1.54) is 14.1 Å². The summed E-state index contributed by atoms with van der Waals surface area (Å²) in [6.45, 7) is 3.33. The predicted molar refractivity (Wildman–Crippen MR) is 225 cm³/mol. The number of likely N-dealkylation sites (N-methyl/N-ethyl adjacent to an activating group) is 2. The average molecular weight is 845 g/mol. The molecule has 4 aromatic heterocycles. The van der Waals surface area contributed by atoms with Crippen LogP contribution in [0.25, 0.3) is 41.1 Å². The smallest absolute Gasteiger partial charge is 0.271 e. The Bertz CT molecular complexity index is 2620. The molecule has 10 nitrogen and oxygen atoms in total. The highest BCUT2D eigenvalue weighted by Gasteiger charge is 2.49. The molecule has 0 aromatic carbocycles. The first kappa shape index (κ1) is 37.2. The summed E-state index contributed by atoms with van der Waals surface area (Å²) in [7, 11) is 2.83. The maximum Gasteiger partial charge on any atom is 0.271 e. The van der Waals surface area contributed by atoms with Crippen molar-refractivity contribution in [3.63, 3.8) is 0 Å². The minimum absolute atomic E-state index is 0.0210. The van der Waals surface area contributed by atoms with Gasteiger partial charge in [-0.3, -0.25) is 29.0 Å². The molecule has 0 bridgehead atoms. The van der Waals surface area contributed by atoms with E-state index in [0.29, 0.717) is 22.3 Å². The van der Waals surface area contributed by atoms with Gasteiger partial charge in [-0.15, -0.1) is 45.3 Å². The minimum Gasteiger partial charge on any atom is -0.479 e. The van der Waals surface area contributed by atoms with Gasteiger partial charge in [0.1, 0.15) is 34.5 Å². The number of ether oxygens (including phenoxy) is 2. The lowest BCUT2D eigenvalue weighted by Gasteiger charge is -2.41. The van der Waals surface area contributed by atoms with Gasteiger partial charge in [-0.1, -0.05) is 12.8 Å². The second kappa shape index (κ2) is 13.2. The normalized spacial score (nSPS) is 22.3. The van der Waals surface area contributed by atoms with Crippen molar-refractivity contribution >= 4 is 90.5 Å². The molecule has 2 spiro atoms. The van der Waals surface area contributed by atoms with E-state index in [4.69, 9.17) is 9.47 Å². The highest BCUT2D eigenvalue weighted by molar-refractivity contribution is 7.35. The second-order valence-electron chi connectivity index (χ2n) is 16.0. The van der Waals surface area contributed by atoms with Crippen LogP contribution >= 0.6 is 45.3 Å². The number of hydrogen-bond acceptors (Lipinski definition) is 12. The number of hydrogen-bond donors (Lipinski definition) is 0. The summed E-state index contributed by atoms with van der Waals surface area (Å²) in [6, 6.07) is 8.30. The fourth-order valence-corrected chi connectivity index (χ4v) is 14.8. The van der Waals surface area contributed by atoms with E-state index in [9.17, 15) is 29.7 Å². The van der Waals surface area contributed by atoms with E-state index in [-0.39, 0.29) is 11.1 Å². The Labute approximate surface area is 350 Å². The molecule has 2 fully saturated rings. The molecule has 58 heavy (non-hydrogen) atoms. The predicted octanol–water partition coefficient (Wildman–Crippen LogP) is 9.97. The van der Waals surface area contributed by atoms with Crippen molar-refractivity contribution in [2.24, 2.45) is 0 Å². The van der Waals surface area contributed by atoms with Crippen molar-refractivity contribution in [1.29, 1.82) is 10.5 Å². The number of rotatable bonds is 2. The number of amides is 4. The van der Waals surface area contributed by atoms with Crippen LogP contribution in [-0.2, 0) is 30.4 Å². The van der Waals surface area contributed by atoms with Crippen LogP contribution in [0, 0.1) is 22.7 Å². The summed E-state index contributed by atoms with van der Waals surface area (Å²) in [5.74, 6) is -0.256. The standard InChI is InChI=1S/C44H36N4O6S4/c1-21-25(39(49)47(3)41(51)27(21)19-45)15-23-17-29-33(55-23)35-31(53-43(29)11-7-5-8-12-43)37-38(57-35)32-36(58-37)34-30(44(54-32)13-9-6-10-14-44)18-24(56-34)16-26-22(2)28(20-46)42(52)48(4)40(26)50/h15-18H,5-14H2,1-4H3/b25-15-,26-16-. The van der Waals surface area contributed by atoms with Crippen LogP contribution in [0.2, 0.25) is 0 Å². The van der Waals surface area contributed by atoms with Gasteiger partial charge in [0.15, 0.2) is 11.5 Å². The molecule has 4 aromatic rings. The van der Waals surface area contributed by atoms with Crippen LogP contribution in [0.4, 0.5) is 0 Å². The molecular weight excluding hydrogens is 809 g/mol. The van der Waals surface area contributed by atoms with Gasteiger partial charge in [0, 0.05) is 46.1 Å². The maximum atomic E-state index is 13.4. The van der Waals surface area contributed by atoms with Crippen molar-refractivity contribution in [1.82, 2.24) is 9.80 Å². The Morgan fingerprint density at radius 1 is 0.586 bits per heavy atom. The van der Waals surface area contributed by atoms with Gasteiger partial charge in [-0.25, -0.2) is 0 Å². The van der Waals surface area contributed by atoms with Crippen LogP contribution in [-0.4, -0.2) is 47.5 Å². The molecule has 0 atom stereocenters. The summed E-state index contributed by atoms with van der Waals surface area (Å²) < 4.78 is 16.7. The molecule has 292 valence electrons. The van der Waals surface area contributed by atoms with Crippen molar-refractivity contribution in [2.75, 3.05) is 14.1 Å². The van der Waals surface area contributed by atoms with Crippen LogP contribution in [0.3, 0.4) is 0 Å². The Morgan fingerprint density at radius 2 is 0.966 bits per heavy atom. The molecule has 0 radical (unpaired) electrons. The summed E-state index contributed by atoms with van der Waals surface area (Å²) in [4.78, 5) is 60.3. The van der Waals surface area contributed by atoms with E-state index in [2.05, 4.69) is 12.1 Å². The Hall–Kier alpha value is -5.12. The van der Waals surface area contributed by atoms with Crippen molar-refractivity contribution < 1.29 is 28.7 Å². The first-order valence-electron chi connectivity index (χ1n) is 19.5. The first-order chi connectivity index (χ1) is 27.9. The van der Waals surface area contributed by atoms with Crippen molar-refractivity contribution in [3.05, 3.63) is 66.5 Å². The number of nitrogens with zero attached hydrogens (tertiary/aromatic N) is 4. The lowest BCUT2D eigenvalue weighted by molar-refractivity contribution is -0.140. The summed E-state index contributed by atoms with van der Waals surface area (Å²) in [5.41, 5.74) is 2.64. The molecule has 2 aliphatic carbocycles. The molecule has 0 unspecified atom stereocenters. The summed E-state index contributed by atoms with van der Waals surface area (Å²) >= 11 is 6.62. The Morgan fingerprint density at radius 3 is 1.33 bits per heavy atom. The van der Waals surface area contributed by atoms with Gasteiger partial charge in [0.2, 0.25) is 0 Å². The quantitative estimate of drug-likeness (QED) is 0.143. The molecule has 10 rings (SSSR count). The molecule has 2 saturated carbocycles. The number of fused-ring (bicyclic) bond motifs is 11. The zero-order chi connectivity index (χ0) is 40.4. The van der Waals surface area contributed by atoms with Gasteiger partial charge in [0.05, 0.1) is 28.9 Å². The summed E-state index contributed by atoms with van der Waals surface area (Å²) in [5, 5.41) is 19.5. The van der Waals surface area contributed by atoms with E-state index >= 15 is 0 Å². The zero-order valence-electron chi connectivity index (χ0n) is 32.3. The SMILES string of the molecule is CC1=C(C#N)C(=O)N(C)C(=O)/C1=C\c1cc2c(s1)-c1sc3c4c(sc3c1OC21CCCCC1)-c1sc(/C=C2\C(=O)N(C)C(=O)C(C#N)=C2C)cc1C1(CCCCC1)O4. The molecule has 0 saturated heterocycles. The van der Waals surface area contributed by atoms with Crippen LogP contribution < -0.4 is 9.47 Å². The fraction of sp³-hybridized carbons (Fsp3) is 0.364. The zero-order valence-corrected chi connectivity index (χ0v) is 35.5. The first-order valence-corrected chi connectivity index (χ1v) is 22.7. The number of imide groups is 2. The lowest BCUT2D eigenvalue weighted by Crippen LogP contribution is -2.39. The van der Waals surface area contributed by atoms with Crippen LogP contribution in [0.1, 0.15) is 98.9 Å². The Balaban J connectivity index is 1.13. The molecule has 4 aliphatic heterocycles. The third kappa shape index (κ3) is 5.14. The monoisotopic (exact) mass is 844 g/mol. The molecule has 4 amide bonds. The van der Waals surface area contributed by atoms with E-state index in [0.717, 1.165) is 135 Å². The fourth-order valence-electron chi connectivity index (χ4n) is 9.52. The number of thiophene rings is 4. The van der Waals surface area contributed by atoms with E-state index in [1.807, 2.05) is 24.3 Å². The topological polar surface area (TPSA) is 141 Å². The largest absolute Gasteiger partial charge is 0.479 e. The van der Waals surface area contributed by atoms with Crippen molar-refractivity contribution in [3.8, 4) is 43.1 Å². The molecule has 8 heterocycles. The van der Waals surface area contributed by atoms with Crippen molar-refractivity contribution in [2.45, 2.75) is 89.3 Å². The highest BCUT2D eigenvalue weighted by Crippen LogP contribution is 2.66. The van der Waals surface area contributed by atoms with Gasteiger partial charge in [-0.2, -0.15) is 10.5 Å². The molecule has 14 heteroatoms. The van der Waals surface area contributed by atoms with Gasteiger partial charge < -0.3 is 9.47 Å². The van der Waals surface area contributed by atoms with E-state index < -0.39 is 34.8 Å².